The molecule has 0 radical (unpaired) electrons. The summed E-state index contributed by atoms with van der Waals surface area (Å²) in [5.41, 5.74) is 0.346. The highest BCUT2D eigenvalue weighted by Crippen LogP contribution is 2.28. The van der Waals surface area contributed by atoms with Crippen LogP contribution in [0.5, 0.6) is 0 Å². The van der Waals surface area contributed by atoms with Crippen molar-refractivity contribution < 1.29 is 24.5 Å². The van der Waals surface area contributed by atoms with Gasteiger partial charge in [0.1, 0.15) is 18.0 Å². The molecule has 2 N–H and O–H groups in total. The third-order valence-electron chi connectivity index (χ3n) is 3.05. The van der Waals surface area contributed by atoms with Crippen LogP contribution in [0.25, 0.3) is 0 Å². The summed E-state index contributed by atoms with van der Waals surface area (Å²) < 4.78 is 9.94. The van der Waals surface area contributed by atoms with Gasteiger partial charge in [-0.3, -0.25) is 0 Å². The van der Waals surface area contributed by atoms with Crippen molar-refractivity contribution in [1.29, 1.82) is 0 Å². The molecule has 0 amide bonds. The van der Waals surface area contributed by atoms with Gasteiger partial charge in [0.05, 0.1) is 19.8 Å². The summed E-state index contributed by atoms with van der Waals surface area (Å²) in [6, 6.07) is 6.58. The van der Waals surface area contributed by atoms with Crippen molar-refractivity contribution in [1.82, 2.24) is 0 Å². The molecular formula is C16H21ClO5. The number of carbonyl (C=O) groups is 1. The largest absolute Gasteiger partial charge is 0.498 e. The summed E-state index contributed by atoms with van der Waals surface area (Å²) in [4.78, 5) is 11.6. The predicted molar refractivity (Wildman–Crippen MR) is 83.4 cm³/mol. The molecule has 0 aliphatic rings. The monoisotopic (exact) mass is 328 g/mol. The smallest absolute Gasteiger partial charge is 0.334 e. The molecule has 122 valence electrons. The fourth-order valence-electron chi connectivity index (χ4n) is 1.78. The minimum Gasteiger partial charge on any atom is -0.498 e. The molecule has 0 aliphatic carbocycles. The molecule has 1 rings (SSSR count). The lowest BCUT2D eigenvalue weighted by Crippen LogP contribution is -2.23. The van der Waals surface area contributed by atoms with Crippen LogP contribution >= 0.6 is 11.6 Å². The van der Waals surface area contributed by atoms with Crippen LogP contribution in [0.15, 0.2) is 36.1 Å². The summed E-state index contributed by atoms with van der Waals surface area (Å²) >= 11 is 5.98. The van der Waals surface area contributed by atoms with Crippen molar-refractivity contribution in [3.8, 4) is 0 Å². The number of ether oxygens (including phenoxy) is 2. The van der Waals surface area contributed by atoms with Crippen molar-refractivity contribution in [2.75, 3.05) is 13.7 Å². The summed E-state index contributed by atoms with van der Waals surface area (Å²) in [5, 5.41) is 20.7. The Morgan fingerprint density at radius 1 is 1.36 bits per heavy atom. The minimum absolute atomic E-state index is 0.0890. The lowest BCUT2D eigenvalue weighted by Gasteiger charge is -2.20. The molecule has 0 spiro atoms. The Labute approximate surface area is 135 Å². The molecule has 0 saturated heterocycles. The van der Waals surface area contributed by atoms with Crippen LogP contribution in [0.2, 0.25) is 5.02 Å². The van der Waals surface area contributed by atoms with Gasteiger partial charge in [-0.1, -0.05) is 43.1 Å². The lowest BCUT2D eigenvalue weighted by atomic mass is 10.0. The first-order chi connectivity index (χ1) is 10.5. The van der Waals surface area contributed by atoms with Crippen LogP contribution in [0, 0.1) is 0 Å². The second kappa shape index (κ2) is 9.46. The Kier molecular flexibility index (Phi) is 7.95. The van der Waals surface area contributed by atoms with E-state index in [0.29, 0.717) is 17.2 Å². The van der Waals surface area contributed by atoms with Gasteiger partial charge in [-0.25, -0.2) is 4.79 Å². The van der Waals surface area contributed by atoms with Crippen molar-refractivity contribution in [3.63, 3.8) is 0 Å². The molecule has 5 nitrogen and oxygen atoms in total. The topological polar surface area (TPSA) is 76.0 Å². The zero-order valence-corrected chi connectivity index (χ0v) is 13.4. The van der Waals surface area contributed by atoms with Gasteiger partial charge >= 0.3 is 5.97 Å². The molecule has 0 fully saturated rings. The molecule has 22 heavy (non-hydrogen) atoms. The number of hydrogen-bond donors (Lipinski definition) is 2. The summed E-state index contributed by atoms with van der Waals surface area (Å²) in [6.45, 7) is 2.28. The van der Waals surface area contributed by atoms with E-state index < -0.39 is 18.2 Å². The number of aliphatic hydroxyl groups excluding tert-OH is 2. The standard InChI is InChI=1S/C16H21ClO5/c1-3-4-9-22-14(18)10-13(21-2)16(20)15(19)11-7-5-6-8-12(11)17/h5-8,10,15-16,19-20H,3-4,9H2,1-2H3/b13-10+. The van der Waals surface area contributed by atoms with E-state index in [4.69, 9.17) is 21.1 Å². The van der Waals surface area contributed by atoms with Gasteiger partial charge < -0.3 is 19.7 Å². The molecule has 1 aromatic carbocycles. The first-order valence-electron chi connectivity index (χ1n) is 7.04. The number of esters is 1. The molecule has 0 bridgehead atoms. The Morgan fingerprint density at radius 2 is 2.05 bits per heavy atom. The summed E-state index contributed by atoms with van der Waals surface area (Å²) in [6.07, 6.45) is -0.0540. The molecule has 1 aromatic rings. The van der Waals surface area contributed by atoms with Crippen LogP contribution in [0.1, 0.15) is 31.4 Å². The Hall–Kier alpha value is -1.56. The predicted octanol–water partition coefficient (Wildman–Crippen LogP) is 2.61. The number of halogens is 1. The first kappa shape index (κ1) is 18.5. The van der Waals surface area contributed by atoms with Crippen LogP contribution in [0.4, 0.5) is 0 Å². The highest BCUT2D eigenvalue weighted by Gasteiger charge is 2.25. The van der Waals surface area contributed by atoms with Crippen molar-refractivity contribution >= 4 is 17.6 Å². The lowest BCUT2D eigenvalue weighted by molar-refractivity contribution is -0.138. The SMILES string of the molecule is CCCCOC(=O)/C=C(/OC)C(O)C(O)c1ccccc1Cl. The summed E-state index contributed by atoms with van der Waals surface area (Å²) in [5.74, 6) is -0.718. The van der Waals surface area contributed by atoms with E-state index in [0.717, 1.165) is 18.9 Å². The summed E-state index contributed by atoms with van der Waals surface area (Å²) in [7, 11) is 1.30. The maximum Gasteiger partial charge on any atom is 0.334 e. The third-order valence-corrected chi connectivity index (χ3v) is 3.40. The second-order valence-corrected chi connectivity index (χ2v) is 5.09. The highest BCUT2D eigenvalue weighted by atomic mass is 35.5. The molecule has 2 atom stereocenters. The van der Waals surface area contributed by atoms with E-state index in [1.54, 1.807) is 24.3 Å². The Balaban J connectivity index is 2.81. The van der Waals surface area contributed by atoms with E-state index >= 15 is 0 Å². The number of rotatable bonds is 8. The minimum atomic E-state index is -1.43. The van der Waals surface area contributed by atoms with Crippen LogP contribution in [-0.4, -0.2) is 36.0 Å². The normalized spacial score (nSPS) is 14.3. The molecule has 0 aliphatic heterocycles. The zero-order valence-electron chi connectivity index (χ0n) is 12.7. The fraction of sp³-hybridized carbons (Fsp3) is 0.438. The molecule has 0 heterocycles. The van der Waals surface area contributed by atoms with Crippen LogP contribution in [-0.2, 0) is 14.3 Å². The van der Waals surface area contributed by atoms with Crippen molar-refractivity contribution in [3.05, 3.63) is 46.7 Å². The van der Waals surface area contributed by atoms with Crippen molar-refractivity contribution in [2.45, 2.75) is 32.0 Å². The quantitative estimate of drug-likeness (QED) is 0.332. The maximum atomic E-state index is 11.6. The fourth-order valence-corrected chi connectivity index (χ4v) is 2.03. The average Bonchev–Trinajstić information content (AvgIpc) is 2.52. The molecule has 0 saturated carbocycles. The number of methoxy groups -OCH3 is 1. The maximum absolute atomic E-state index is 11.6. The zero-order chi connectivity index (χ0) is 16.5. The molecular weight excluding hydrogens is 308 g/mol. The van der Waals surface area contributed by atoms with Gasteiger partial charge in [0.15, 0.2) is 0 Å². The van der Waals surface area contributed by atoms with Gasteiger partial charge in [0.25, 0.3) is 0 Å². The number of benzene rings is 1. The van der Waals surface area contributed by atoms with E-state index in [2.05, 4.69) is 0 Å². The Bertz CT molecular complexity index is 515. The Morgan fingerprint density at radius 3 is 2.64 bits per heavy atom. The highest BCUT2D eigenvalue weighted by molar-refractivity contribution is 6.31. The van der Waals surface area contributed by atoms with Crippen LogP contribution < -0.4 is 0 Å². The average molecular weight is 329 g/mol. The van der Waals surface area contributed by atoms with E-state index in [9.17, 15) is 15.0 Å². The van der Waals surface area contributed by atoms with Crippen molar-refractivity contribution in [2.24, 2.45) is 0 Å². The third kappa shape index (κ3) is 5.33. The number of aliphatic hydroxyl groups is 2. The van der Waals surface area contributed by atoms with Crippen LogP contribution in [0.3, 0.4) is 0 Å². The number of hydrogen-bond acceptors (Lipinski definition) is 5. The van der Waals surface area contributed by atoms with E-state index in [1.165, 1.54) is 7.11 Å². The first-order valence-corrected chi connectivity index (χ1v) is 7.42. The molecule has 0 aromatic heterocycles. The number of carbonyl (C=O) groups excluding carboxylic acids is 1. The van der Waals surface area contributed by atoms with E-state index in [-0.39, 0.29) is 5.76 Å². The van der Waals surface area contributed by atoms with Gasteiger partial charge in [-0.2, -0.15) is 0 Å². The van der Waals surface area contributed by atoms with Gasteiger partial charge in [-0.05, 0) is 12.5 Å². The van der Waals surface area contributed by atoms with Gasteiger partial charge in [-0.15, -0.1) is 0 Å². The number of unbranched alkanes of at least 4 members (excludes halogenated alkanes) is 1. The van der Waals surface area contributed by atoms with Gasteiger partial charge in [0.2, 0.25) is 0 Å². The molecule has 6 heteroatoms. The molecule has 2 unspecified atom stereocenters. The van der Waals surface area contributed by atoms with E-state index in [1.807, 2.05) is 6.92 Å². The van der Waals surface area contributed by atoms with Gasteiger partial charge in [0, 0.05) is 10.6 Å². The second-order valence-electron chi connectivity index (χ2n) is 4.68.